The Hall–Kier alpha value is -1.98. The first-order valence-corrected chi connectivity index (χ1v) is 4.64. The molecule has 6 heteroatoms. The van der Waals surface area contributed by atoms with Gasteiger partial charge < -0.3 is 5.32 Å². The lowest BCUT2D eigenvalue weighted by molar-refractivity contribution is 0.301. The fraction of sp³-hybridized carbons (Fsp3) is 0.200. The summed E-state index contributed by atoms with van der Waals surface area (Å²) >= 11 is 0. The molecule has 0 spiro atoms. The third kappa shape index (κ3) is 2.00. The molecule has 1 heterocycles. The van der Waals surface area contributed by atoms with Crippen LogP contribution in [0.1, 0.15) is 11.4 Å². The summed E-state index contributed by atoms with van der Waals surface area (Å²) in [6.45, 7) is 1.95. The zero-order valence-electron chi connectivity index (χ0n) is 8.50. The Labute approximate surface area is 90.2 Å². The van der Waals surface area contributed by atoms with Gasteiger partial charge >= 0.3 is 0 Å². The third-order valence-electron chi connectivity index (χ3n) is 2.14. The van der Waals surface area contributed by atoms with Gasteiger partial charge in [-0.2, -0.15) is 0 Å². The van der Waals surface area contributed by atoms with Gasteiger partial charge in [0.25, 0.3) is 0 Å². The maximum Gasteiger partial charge on any atom is 0.181 e. The molecular weight excluding hydrogens is 216 g/mol. The predicted molar refractivity (Wildman–Crippen MR) is 52.7 cm³/mol. The molecule has 0 fully saturated rings. The average molecular weight is 225 g/mol. The highest BCUT2D eigenvalue weighted by Crippen LogP contribution is 2.17. The number of rotatable bonds is 3. The lowest BCUT2D eigenvalue weighted by atomic mass is 10.2. The van der Waals surface area contributed by atoms with Gasteiger partial charge in [-0.3, -0.25) is 0 Å². The lowest BCUT2D eigenvalue weighted by Gasteiger charge is -2.05. The quantitative estimate of drug-likeness (QED) is 0.870. The molecule has 2 aromatic rings. The first-order chi connectivity index (χ1) is 7.68. The summed E-state index contributed by atoms with van der Waals surface area (Å²) in [6.07, 6.45) is 0. The van der Waals surface area contributed by atoms with Crippen LogP contribution in [0.15, 0.2) is 22.8 Å². The molecule has 0 aliphatic heterocycles. The second-order valence-corrected chi connectivity index (χ2v) is 3.25. The van der Waals surface area contributed by atoms with Crippen LogP contribution in [-0.4, -0.2) is 10.3 Å². The average Bonchev–Trinajstić information content (AvgIpc) is 2.67. The van der Waals surface area contributed by atoms with Gasteiger partial charge in [0.2, 0.25) is 0 Å². The molecule has 2 rings (SSSR count). The second-order valence-electron chi connectivity index (χ2n) is 3.25. The van der Waals surface area contributed by atoms with Gasteiger partial charge in [-0.25, -0.2) is 13.4 Å². The van der Waals surface area contributed by atoms with Gasteiger partial charge in [0.1, 0.15) is 11.4 Å². The van der Waals surface area contributed by atoms with Crippen LogP contribution in [0.25, 0.3) is 0 Å². The molecule has 1 N–H and O–H groups in total. The van der Waals surface area contributed by atoms with Crippen molar-refractivity contribution in [1.29, 1.82) is 0 Å². The van der Waals surface area contributed by atoms with E-state index >= 15 is 0 Å². The highest BCUT2D eigenvalue weighted by Gasteiger charge is 2.09. The van der Waals surface area contributed by atoms with Crippen molar-refractivity contribution in [2.75, 3.05) is 5.32 Å². The molecule has 0 saturated heterocycles. The van der Waals surface area contributed by atoms with Crippen molar-refractivity contribution in [3.05, 3.63) is 41.2 Å². The Kier molecular flexibility index (Phi) is 2.80. The molecule has 1 aromatic carbocycles. The van der Waals surface area contributed by atoms with Crippen molar-refractivity contribution in [3.63, 3.8) is 0 Å². The van der Waals surface area contributed by atoms with Gasteiger partial charge in [-0.15, -0.1) is 0 Å². The van der Waals surface area contributed by atoms with Crippen molar-refractivity contribution < 1.29 is 13.4 Å². The van der Waals surface area contributed by atoms with E-state index in [1.165, 1.54) is 12.1 Å². The van der Waals surface area contributed by atoms with Gasteiger partial charge in [0.05, 0.1) is 12.2 Å². The van der Waals surface area contributed by atoms with Crippen LogP contribution in [0.4, 0.5) is 14.5 Å². The summed E-state index contributed by atoms with van der Waals surface area (Å²) in [4.78, 5) is 0. The zero-order valence-corrected chi connectivity index (χ0v) is 8.50. The smallest absolute Gasteiger partial charge is 0.181 e. The SMILES string of the molecule is Cc1nonc1CNc1cccc(F)c1F. The molecular formula is C10H9F2N3O. The third-order valence-corrected chi connectivity index (χ3v) is 2.14. The van der Waals surface area contributed by atoms with Crippen LogP contribution in [0.2, 0.25) is 0 Å². The molecule has 16 heavy (non-hydrogen) atoms. The number of aromatic nitrogens is 2. The van der Waals surface area contributed by atoms with E-state index in [4.69, 9.17) is 0 Å². The number of hydrogen-bond donors (Lipinski definition) is 1. The number of hydrogen-bond acceptors (Lipinski definition) is 4. The minimum Gasteiger partial charge on any atom is -0.377 e. The summed E-state index contributed by atoms with van der Waals surface area (Å²) in [5.74, 6) is -1.79. The van der Waals surface area contributed by atoms with Gasteiger partial charge in [0, 0.05) is 0 Å². The standard InChI is InChI=1S/C10H9F2N3O/c1-6-9(15-16-14-6)5-13-8-4-2-3-7(11)10(8)12/h2-4,13H,5H2,1H3. The summed E-state index contributed by atoms with van der Waals surface area (Å²) in [5.41, 5.74) is 1.26. The van der Waals surface area contributed by atoms with Crippen molar-refractivity contribution >= 4 is 5.69 Å². The van der Waals surface area contributed by atoms with Gasteiger partial charge in [-0.1, -0.05) is 16.4 Å². The summed E-state index contributed by atoms with van der Waals surface area (Å²) in [5, 5.41) is 9.91. The maximum atomic E-state index is 13.2. The zero-order chi connectivity index (χ0) is 11.5. The predicted octanol–water partition coefficient (Wildman–Crippen LogP) is 2.27. The fourth-order valence-electron chi connectivity index (χ4n) is 1.23. The summed E-state index contributed by atoms with van der Waals surface area (Å²) in [7, 11) is 0. The first kappa shape index (κ1) is 10.5. The molecule has 0 unspecified atom stereocenters. The van der Waals surface area contributed by atoms with Gasteiger partial charge in [0.15, 0.2) is 11.6 Å². The topological polar surface area (TPSA) is 51.0 Å². The van der Waals surface area contributed by atoms with E-state index in [1.807, 2.05) is 0 Å². The molecule has 1 aromatic heterocycles. The Morgan fingerprint density at radius 1 is 1.31 bits per heavy atom. The highest BCUT2D eigenvalue weighted by molar-refractivity contribution is 5.45. The number of benzene rings is 1. The number of nitrogens with zero attached hydrogens (tertiary/aromatic N) is 2. The molecule has 84 valence electrons. The van der Waals surface area contributed by atoms with Crippen LogP contribution in [-0.2, 0) is 6.54 Å². The van der Waals surface area contributed by atoms with Crippen molar-refractivity contribution in [3.8, 4) is 0 Å². The van der Waals surface area contributed by atoms with Crippen molar-refractivity contribution in [1.82, 2.24) is 10.3 Å². The number of nitrogens with one attached hydrogen (secondary N) is 1. The molecule has 0 amide bonds. The minimum absolute atomic E-state index is 0.0856. The summed E-state index contributed by atoms with van der Waals surface area (Å²) < 4.78 is 30.6. The molecule has 0 saturated carbocycles. The van der Waals surface area contributed by atoms with Crippen molar-refractivity contribution in [2.24, 2.45) is 0 Å². The van der Waals surface area contributed by atoms with Crippen LogP contribution in [0.3, 0.4) is 0 Å². The normalized spacial score (nSPS) is 10.4. The van der Waals surface area contributed by atoms with Crippen LogP contribution in [0, 0.1) is 18.6 Å². The van der Waals surface area contributed by atoms with Crippen LogP contribution in [0.5, 0.6) is 0 Å². The molecule has 0 bridgehead atoms. The Morgan fingerprint density at radius 3 is 2.81 bits per heavy atom. The Balaban J connectivity index is 2.11. The largest absolute Gasteiger partial charge is 0.377 e. The van der Waals surface area contributed by atoms with E-state index in [1.54, 1.807) is 6.92 Å². The molecule has 0 atom stereocenters. The number of halogens is 2. The fourth-order valence-corrected chi connectivity index (χ4v) is 1.23. The molecule has 4 nitrogen and oxygen atoms in total. The van der Waals surface area contributed by atoms with E-state index in [2.05, 4.69) is 20.3 Å². The van der Waals surface area contributed by atoms with Crippen molar-refractivity contribution in [2.45, 2.75) is 13.5 Å². The lowest BCUT2D eigenvalue weighted by Crippen LogP contribution is -2.04. The van der Waals surface area contributed by atoms with E-state index < -0.39 is 11.6 Å². The van der Waals surface area contributed by atoms with E-state index in [-0.39, 0.29) is 12.2 Å². The molecule has 0 aliphatic rings. The molecule has 0 radical (unpaired) electrons. The van der Waals surface area contributed by atoms with Crippen LogP contribution < -0.4 is 5.32 Å². The Bertz CT molecular complexity index is 499. The highest BCUT2D eigenvalue weighted by atomic mass is 19.2. The van der Waals surface area contributed by atoms with E-state index in [0.29, 0.717) is 11.4 Å². The number of anilines is 1. The second kappa shape index (κ2) is 4.26. The number of aryl methyl sites for hydroxylation is 1. The van der Waals surface area contributed by atoms with Crippen LogP contribution >= 0.6 is 0 Å². The summed E-state index contributed by atoms with van der Waals surface area (Å²) in [6, 6.07) is 3.93. The monoisotopic (exact) mass is 225 g/mol. The maximum absolute atomic E-state index is 13.2. The van der Waals surface area contributed by atoms with E-state index in [0.717, 1.165) is 6.07 Å². The Morgan fingerprint density at radius 2 is 2.12 bits per heavy atom. The first-order valence-electron chi connectivity index (χ1n) is 4.64. The minimum atomic E-state index is -0.906. The van der Waals surface area contributed by atoms with Gasteiger partial charge in [-0.05, 0) is 19.1 Å². The molecule has 0 aliphatic carbocycles. The van der Waals surface area contributed by atoms with E-state index in [9.17, 15) is 8.78 Å².